The lowest BCUT2D eigenvalue weighted by Gasteiger charge is -2.19. The number of esters is 2. The second kappa shape index (κ2) is 4.89. The van der Waals surface area contributed by atoms with Gasteiger partial charge in [0.1, 0.15) is 0 Å². The largest absolute Gasteiger partial charge is 0.386 e. The fourth-order valence-corrected chi connectivity index (χ4v) is 3.24. The molecule has 0 spiro atoms. The highest BCUT2D eigenvalue weighted by Gasteiger charge is 2.31. The molecule has 0 saturated carbocycles. The molecule has 0 radical (unpaired) electrons. The van der Waals surface area contributed by atoms with Crippen molar-refractivity contribution in [1.29, 1.82) is 0 Å². The first-order valence-electron chi connectivity index (χ1n) is 6.66. The van der Waals surface area contributed by atoms with E-state index in [4.69, 9.17) is 4.74 Å². The molecule has 3 rings (SSSR count). The number of carbonyl (C=O) groups excluding carboxylic acids is 2. The van der Waals surface area contributed by atoms with E-state index in [2.05, 4.69) is 0 Å². The Hall–Kier alpha value is -2.25. The van der Waals surface area contributed by atoms with Gasteiger partial charge in [-0.15, -0.1) is 0 Å². The number of aryl methyl sites for hydroxylation is 1. The van der Waals surface area contributed by atoms with Crippen molar-refractivity contribution in [3.63, 3.8) is 0 Å². The molecule has 0 atom stereocenters. The number of hydrogen-bond donors (Lipinski definition) is 1. The molecule has 2 aromatic carbocycles. The van der Waals surface area contributed by atoms with Gasteiger partial charge in [0.2, 0.25) is 0 Å². The summed E-state index contributed by atoms with van der Waals surface area (Å²) in [5.74, 6) is -1.65. The molecule has 0 amide bonds. The van der Waals surface area contributed by atoms with Gasteiger partial charge in [0.25, 0.3) is 10.1 Å². The Balaban J connectivity index is 2.45. The van der Waals surface area contributed by atoms with Crippen LogP contribution in [-0.2, 0) is 21.3 Å². The van der Waals surface area contributed by atoms with Crippen LogP contribution in [0, 0.1) is 0 Å². The van der Waals surface area contributed by atoms with E-state index in [1.54, 1.807) is 12.1 Å². The van der Waals surface area contributed by atoms with Gasteiger partial charge in [0.05, 0.1) is 16.0 Å². The van der Waals surface area contributed by atoms with Crippen LogP contribution in [0.5, 0.6) is 0 Å². The van der Waals surface area contributed by atoms with Crippen LogP contribution < -0.4 is 0 Å². The van der Waals surface area contributed by atoms with Gasteiger partial charge in [-0.3, -0.25) is 4.55 Å². The monoisotopic (exact) mass is 320 g/mol. The van der Waals surface area contributed by atoms with Crippen LogP contribution in [0.15, 0.2) is 29.2 Å². The fourth-order valence-electron chi connectivity index (χ4n) is 2.69. The Morgan fingerprint density at radius 1 is 1.14 bits per heavy atom. The van der Waals surface area contributed by atoms with Crippen LogP contribution in [0.25, 0.3) is 10.8 Å². The lowest BCUT2D eigenvalue weighted by Crippen LogP contribution is -2.22. The molecule has 0 fully saturated rings. The van der Waals surface area contributed by atoms with Crippen molar-refractivity contribution in [3.8, 4) is 0 Å². The number of rotatable bonds is 3. The Morgan fingerprint density at radius 3 is 2.50 bits per heavy atom. The standard InChI is InChI=1S/C15H12O6S/c1-2-3-8-4-5-9-6-10(22(18,19)20)7-11-12(9)13(8)15(17)21-14(11)16/h4-7H,2-3H2,1H3,(H,18,19,20). The highest BCUT2D eigenvalue weighted by atomic mass is 32.2. The molecule has 114 valence electrons. The Kier molecular flexibility index (Phi) is 3.26. The van der Waals surface area contributed by atoms with Crippen LogP contribution in [0.1, 0.15) is 39.6 Å². The molecule has 1 N–H and O–H groups in total. The van der Waals surface area contributed by atoms with Gasteiger partial charge in [0.15, 0.2) is 0 Å². The summed E-state index contributed by atoms with van der Waals surface area (Å²) < 4.78 is 36.5. The first-order chi connectivity index (χ1) is 10.3. The minimum Gasteiger partial charge on any atom is -0.386 e. The third-order valence-electron chi connectivity index (χ3n) is 3.60. The summed E-state index contributed by atoms with van der Waals surface area (Å²) >= 11 is 0. The topological polar surface area (TPSA) is 97.7 Å². The van der Waals surface area contributed by atoms with E-state index in [0.29, 0.717) is 17.2 Å². The van der Waals surface area contributed by atoms with E-state index < -0.39 is 27.0 Å². The van der Waals surface area contributed by atoms with Gasteiger partial charge in [-0.05, 0) is 29.5 Å². The van der Waals surface area contributed by atoms with E-state index in [1.807, 2.05) is 6.92 Å². The van der Waals surface area contributed by atoms with Gasteiger partial charge in [0, 0.05) is 5.39 Å². The van der Waals surface area contributed by atoms with E-state index in [1.165, 1.54) is 6.07 Å². The molecule has 22 heavy (non-hydrogen) atoms. The number of cyclic esters (lactones) is 2. The minimum atomic E-state index is -4.47. The second-order valence-electron chi connectivity index (χ2n) is 5.07. The van der Waals surface area contributed by atoms with Crippen LogP contribution in [0.3, 0.4) is 0 Å². The molecule has 0 bridgehead atoms. The van der Waals surface area contributed by atoms with Gasteiger partial charge in [-0.2, -0.15) is 8.42 Å². The Bertz CT molecular complexity index is 927. The van der Waals surface area contributed by atoms with E-state index in [-0.39, 0.29) is 11.1 Å². The molecular formula is C15H12O6S. The molecule has 2 aromatic rings. The summed E-state index contributed by atoms with van der Waals surface area (Å²) in [7, 11) is -4.47. The summed E-state index contributed by atoms with van der Waals surface area (Å²) in [6, 6.07) is 5.61. The molecule has 7 heteroatoms. The normalized spacial score (nSPS) is 14.3. The number of hydrogen-bond acceptors (Lipinski definition) is 5. The van der Waals surface area contributed by atoms with Crippen molar-refractivity contribution in [2.75, 3.05) is 0 Å². The third-order valence-corrected chi connectivity index (χ3v) is 4.44. The van der Waals surface area contributed by atoms with Crippen molar-refractivity contribution < 1.29 is 27.3 Å². The molecule has 0 unspecified atom stereocenters. The predicted octanol–water partition coefficient (Wildman–Crippen LogP) is 2.35. The lowest BCUT2D eigenvalue weighted by molar-refractivity contribution is 0.0390. The maximum Gasteiger partial charge on any atom is 0.346 e. The third kappa shape index (κ3) is 2.18. The summed E-state index contributed by atoms with van der Waals surface area (Å²) in [5, 5.41) is 0.768. The van der Waals surface area contributed by atoms with Crippen LogP contribution in [-0.4, -0.2) is 24.9 Å². The van der Waals surface area contributed by atoms with Crippen LogP contribution in [0.4, 0.5) is 0 Å². The van der Waals surface area contributed by atoms with Gasteiger partial charge >= 0.3 is 11.9 Å². The zero-order valence-corrected chi connectivity index (χ0v) is 12.4. The quantitative estimate of drug-likeness (QED) is 0.529. The average Bonchev–Trinajstić information content (AvgIpc) is 2.44. The van der Waals surface area contributed by atoms with Crippen molar-refractivity contribution in [1.82, 2.24) is 0 Å². The van der Waals surface area contributed by atoms with E-state index in [0.717, 1.165) is 18.1 Å². The number of benzene rings is 2. The van der Waals surface area contributed by atoms with Gasteiger partial charge < -0.3 is 4.74 Å². The second-order valence-corrected chi connectivity index (χ2v) is 6.49. The lowest BCUT2D eigenvalue weighted by atomic mass is 9.91. The first-order valence-corrected chi connectivity index (χ1v) is 8.10. The summed E-state index contributed by atoms with van der Waals surface area (Å²) in [6.07, 6.45) is 1.44. The molecule has 0 aromatic heterocycles. The zero-order valence-electron chi connectivity index (χ0n) is 11.6. The van der Waals surface area contributed by atoms with Crippen molar-refractivity contribution >= 4 is 32.8 Å². The highest BCUT2D eigenvalue weighted by molar-refractivity contribution is 7.85. The fraction of sp³-hybridized carbons (Fsp3) is 0.200. The van der Waals surface area contributed by atoms with Gasteiger partial charge in [-0.25, -0.2) is 9.59 Å². The molecule has 0 saturated heterocycles. The Labute approximate surface area is 126 Å². The molecule has 0 aliphatic carbocycles. The molecule has 1 aliphatic rings. The zero-order chi connectivity index (χ0) is 16.1. The van der Waals surface area contributed by atoms with Crippen molar-refractivity contribution in [2.45, 2.75) is 24.7 Å². The summed E-state index contributed by atoms with van der Waals surface area (Å²) in [5.41, 5.74) is 1.00. The van der Waals surface area contributed by atoms with Crippen LogP contribution in [0.2, 0.25) is 0 Å². The molecular weight excluding hydrogens is 308 g/mol. The maximum absolute atomic E-state index is 12.0. The van der Waals surface area contributed by atoms with Crippen molar-refractivity contribution in [3.05, 3.63) is 41.0 Å². The highest BCUT2D eigenvalue weighted by Crippen LogP contribution is 2.33. The van der Waals surface area contributed by atoms with Crippen LogP contribution >= 0.6 is 0 Å². The number of carbonyl (C=O) groups is 2. The van der Waals surface area contributed by atoms with E-state index in [9.17, 15) is 22.6 Å². The number of ether oxygens (including phenoxy) is 1. The molecule has 6 nitrogen and oxygen atoms in total. The summed E-state index contributed by atoms with van der Waals surface area (Å²) in [6.45, 7) is 1.96. The summed E-state index contributed by atoms with van der Waals surface area (Å²) in [4.78, 5) is 23.6. The SMILES string of the molecule is CCCc1ccc2cc(S(=O)(=O)O)cc3c2c1C(=O)OC3=O. The molecule has 1 aliphatic heterocycles. The smallest absolute Gasteiger partial charge is 0.346 e. The minimum absolute atomic E-state index is 0.0299. The average molecular weight is 320 g/mol. The Morgan fingerprint density at radius 2 is 1.86 bits per heavy atom. The van der Waals surface area contributed by atoms with Gasteiger partial charge in [-0.1, -0.05) is 25.5 Å². The predicted molar refractivity (Wildman–Crippen MR) is 77.5 cm³/mol. The first kappa shape index (κ1) is 14.7. The maximum atomic E-state index is 12.0. The van der Waals surface area contributed by atoms with E-state index >= 15 is 0 Å². The molecule has 1 heterocycles. The van der Waals surface area contributed by atoms with Crippen molar-refractivity contribution in [2.24, 2.45) is 0 Å².